The minimum atomic E-state index is -1.48. The number of aliphatic imine (C=N–C) groups is 2. The molecule has 2 unspecified atom stereocenters. The predicted octanol–water partition coefficient (Wildman–Crippen LogP) is 4.73. The van der Waals surface area contributed by atoms with E-state index in [1.165, 1.54) is 9.80 Å². The van der Waals surface area contributed by atoms with Crippen LogP contribution in [-0.2, 0) is 38.4 Å². The van der Waals surface area contributed by atoms with E-state index in [2.05, 4.69) is 16.8 Å². The Morgan fingerprint density at radius 2 is 1.24 bits per heavy atom. The van der Waals surface area contributed by atoms with Gasteiger partial charge >= 0.3 is 5.97 Å². The first-order valence-electron chi connectivity index (χ1n) is 17.3. The maximum atomic E-state index is 13.5. The summed E-state index contributed by atoms with van der Waals surface area (Å²) in [6, 6.07) is 25.0. The van der Waals surface area contributed by atoms with E-state index < -0.39 is 30.8 Å². The molecule has 278 valence electrons. The maximum Gasteiger partial charge on any atom is 0.334 e. The number of ether oxygens (including phenoxy) is 3. The number of carbonyl (C=O) groups is 3. The van der Waals surface area contributed by atoms with Gasteiger partial charge in [-0.05, 0) is 61.4 Å². The van der Waals surface area contributed by atoms with Gasteiger partial charge in [-0.25, -0.2) is 19.6 Å². The summed E-state index contributed by atoms with van der Waals surface area (Å²) in [5, 5.41) is 0. The van der Waals surface area contributed by atoms with E-state index >= 15 is 0 Å². The van der Waals surface area contributed by atoms with Crippen LogP contribution in [0.25, 0.3) is 0 Å². The van der Waals surface area contributed by atoms with E-state index in [-0.39, 0.29) is 26.1 Å². The first-order chi connectivity index (χ1) is 26.6. The fourth-order valence-corrected chi connectivity index (χ4v) is 6.21. The van der Waals surface area contributed by atoms with Crippen molar-refractivity contribution in [2.75, 3.05) is 50.7 Å². The van der Waals surface area contributed by atoms with Crippen molar-refractivity contribution in [1.29, 1.82) is 0 Å². The summed E-state index contributed by atoms with van der Waals surface area (Å²) in [5.74, 6) is 3.57. The zero-order chi connectivity index (χ0) is 39.1. The predicted molar refractivity (Wildman–Crippen MR) is 207 cm³/mol. The van der Waals surface area contributed by atoms with Gasteiger partial charge in [0.1, 0.15) is 13.2 Å². The van der Waals surface area contributed by atoms with Crippen LogP contribution in [0.3, 0.4) is 0 Å². The highest BCUT2D eigenvalue weighted by atomic mass is 17.2. The molecule has 0 aliphatic carbocycles. The zero-order valence-electron chi connectivity index (χ0n) is 30.8. The molecule has 2 atom stereocenters. The number of likely N-dealkylation sites (N-methyl/N-ethyl adjacent to an activating group) is 2. The van der Waals surface area contributed by atoms with Crippen molar-refractivity contribution in [1.82, 2.24) is 0 Å². The molecule has 2 aliphatic heterocycles. The van der Waals surface area contributed by atoms with Crippen LogP contribution in [0.15, 0.2) is 94.9 Å². The van der Waals surface area contributed by atoms with Crippen LogP contribution >= 0.6 is 0 Å². The van der Waals surface area contributed by atoms with Crippen molar-refractivity contribution in [3.63, 3.8) is 0 Å². The molecule has 12 nitrogen and oxygen atoms in total. The van der Waals surface area contributed by atoms with Gasteiger partial charge in [-0.2, -0.15) is 0 Å². The molecule has 2 heterocycles. The summed E-state index contributed by atoms with van der Waals surface area (Å²) >= 11 is 0. The zero-order valence-corrected chi connectivity index (χ0v) is 30.8. The molecule has 0 N–H and O–H groups in total. The van der Waals surface area contributed by atoms with Gasteiger partial charge in [0, 0.05) is 47.5 Å². The van der Waals surface area contributed by atoms with Gasteiger partial charge in [0.2, 0.25) is 0 Å². The first-order valence-corrected chi connectivity index (χ1v) is 17.3. The number of anilines is 2. The molecule has 55 heavy (non-hydrogen) atoms. The van der Waals surface area contributed by atoms with E-state index in [1.807, 2.05) is 68.4 Å². The molecule has 12 heteroatoms. The summed E-state index contributed by atoms with van der Waals surface area (Å²) in [7, 11) is 3.24. The summed E-state index contributed by atoms with van der Waals surface area (Å²) in [4.78, 5) is 62.6. The van der Waals surface area contributed by atoms with Gasteiger partial charge in [0.25, 0.3) is 18.0 Å². The number of terminal acetylenes is 2. The molecule has 0 fully saturated rings. The third kappa shape index (κ3) is 8.39. The second kappa shape index (κ2) is 17.2. The van der Waals surface area contributed by atoms with Gasteiger partial charge in [0.05, 0.1) is 22.8 Å². The van der Waals surface area contributed by atoms with Gasteiger partial charge < -0.3 is 24.0 Å². The van der Waals surface area contributed by atoms with E-state index in [9.17, 15) is 14.4 Å². The Morgan fingerprint density at radius 1 is 0.691 bits per heavy atom. The van der Waals surface area contributed by atoms with Crippen molar-refractivity contribution in [2.45, 2.75) is 26.1 Å². The largest absolute Gasteiger partial charge is 0.428 e. The Morgan fingerprint density at radius 3 is 1.80 bits per heavy atom. The van der Waals surface area contributed by atoms with Crippen molar-refractivity contribution < 1.29 is 38.4 Å². The Balaban J connectivity index is 1.03. The van der Waals surface area contributed by atoms with Crippen LogP contribution in [0.4, 0.5) is 11.4 Å². The lowest BCUT2D eigenvalue weighted by atomic mass is 9.95. The SMILES string of the molecule is C#Cc1ccc2c(c1)C(c1ccccc1C)=NC(COOCOCOCC(=O)OC1N=C(c3ccccc3C)c3cc(C#C)ccc3N(C)C1=O)C(=O)N2C. The van der Waals surface area contributed by atoms with Crippen LogP contribution in [-0.4, -0.2) is 82.4 Å². The molecule has 0 saturated heterocycles. The number of hydrogen-bond donors (Lipinski definition) is 0. The van der Waals surface area contributed by atoms with E-state index in [0.717, 1.165) is 27.8 Å². The van der Waals surface area contributed by atoms with E-state index in [1.54, 1.807) is 44.4 Å². The van der Waals surface area contributed by atoms with Crippen LogP contribution < -0.4 is 9.80 Å². The quantitative estimate of drug-likeness (QED) is 0.0510. The molecule has 2 amide bonds. The number of benzodiazepines with no additional fused rings is 2. The minimum absolute atomic E-state index is 0.214. The number of carbonyl (C=O) groups excluding carboxylic acids is 3. The maximum absolute atomic E-state index is 13.5. The van der Waals surface area contributed by atoms with Crippen molar-refractivity contribution in [3.8, 4) is 24.7 Å². The summed E-state index contributed by atoms with van der Waals surface area (Å²) in [6.07, 6.45) is 9.88. The number of hydrogen-bond acceptors (Lipinski definition) is 10. The average molecular weight is 739 g/mol. The van der Waals surface area contributed by atoms with Gasteiger partial charge in [0.15, 0.2) is 19.6 Å². The summed E-state index contributed by atoms with van der Waals surface area (Å²) in [6.45, 7) is 2.37. The van der Waals surface area contributed by atoms with E-state index in [4.69, 9.17) is 41.8 Å². The van der Waals surface area contributed by atoms with E-state index in [0.29, 0.717) is 39.5 Å². The summed E-state index contributed by atoms with van der Waals surface area (Å²) in [5.41, 5.74) is 8.38. The molecule has 0 aromatic heterocycles. The molecule has 2 aliphatic rings. The van der Waals surface area contributed by atoms with Crippen molar-refractivity contribution in [3.05, 3.63) is 129 Å². The normalized spacial score (nSPS) is 16.5. The minimum Gasteiger partial charge on any atom is -0.428 e. The molecule has 0 saturated carbocycles. The fourth-order valence-electron chi connectivity index (χ4n) is 6.21. The van der Waals surface area contributed by atoms with Crippen LogP contribution in [0, 0.1) is 38.5 Å². The molecule has 4 aromatic rings. The van der Waals surface area contributed by atoms with Crippen molar-refractivity contribution >= 4 is 40.6 Å². The van der Waals surface area contributed by atoms with Gasteiger partial charge in [-0.15, -0.1) is 12.8 Å². The Kier molecular flexibility index (Phi) is 12.0. The highest BCUT2D eigenvalue weighted by Gasteiger charge is 2.34. The van der Waals surface area contributed by atoms with Crippen LogP contribution in [0.1, 0.15) is 44.5 Å². The second-order valence-corrected chi connectivity index (χ2v) is 12.7. The second-order valence-electron chi connectivity index (χ2n) is 12.7. The smallest absolute Gasteiger partial charge is 0.334 e. The lowest BCUT2D eigenvalue weighted by Gasteiger charge is -2.20. The molecule has 0 radical (unpaired) electrons. The monoisotopic (exact) mass is 738 g/mol. The number of fused-ring (bicyclic) bond motifs is 2. The third-order valence-electron chi connectivity index (χ3n) is 9.12. The molecule has 0 bridgehead atoms. The highest BCUT2D eigenvalue weighted by molar-refractivity contribution is 6.21. The lowest BCUT2D eigenvalue weighted by molar-refractivity contribution is -0.344. The standard InChI is InChI=1S/C43H38N4O8/c1-7-29-17-19-36-33(21-29)39(31-15-11-9-13-27(31)3)44-35(42(49)46(36)5)23-53-54-26-52-25-51-24-38(48)55-41-43(50)47(6)37-20-18-30(8-2)22-34(37)40(45-41)32-16-12-10-14-28(32)4/h1-2,9-22,35,41H,23-26H2,3-6H3. The number of esters is 1. The number of amides is 2. The molecular weight excluding hydrogens is 700 g/mol. The van der Waals surface area contributed by atoms with Crippen LogP contribution in [0.2, 0.25) is 0 Å². The fraction of sp³-hybridized carbons (Fsp3) is 0.233. The highest BCUT2D eigenvalue weighted by Crippen LogP contribution is 2.31. The summed E-state index contributed by atoms with van der Waals surface area (Å²) < 4.78 is 16.1. The number of rotatable bonds is 12. The Hall–Kier alpha value is -6.41. The van der Waals surface area contributed by atoms with Crippen molar-refractivity contribution in [2.24, 2.45) is 9.98 Å². The molecule has 6 rings (SSSR count). The van der Waals surface area contributed by atoms with Gasteiger partial charge in [-0.1, -0.05) is 60.4 Å². The topological polar surface area (TPSA) is 129 Å². The number of aryl methyl sites for hydroxylation is 2. The molecule has 4 aromatic carbocycles. The van der Waals surface area contributed by atoms with Crippen LogP contribution in [0.5, 0.6) is 0 Å². The Labute approximate surface area is 319 Å². The first kappa shape index (κ1) is 38.3. The third-order valence-corrected chi connectivity index (χ3v) is 9.12. The lowest BCUT2D eigenvalue weighted by Crippen LogP contribution is -2.38. The molecule has 0 spiro atoms. The number of nitrogens with zero attached hydrogens (tertiary/aromatic N) is 4. The van der Waals surface area contributed by atoms with Gasteiger partial charge in [-0.3, -0.25) is 14.6 Å². The number of benzene rings is 4. The molecular formula is C43H38N4O8. The average Bonchev–Trinajstić information content (AvgIpc) is 3.36. The Bertz CT molecular complexity index is 2280.